The average Bonchev–Trinajstić information content (AvgIpc) is 3.17. The van der Waals surface area contributed by atoms with Gasteiger partial charge in [0.05, 0.1) is 57.8 Å². The molecule has 0 amide bonds. The van der Waals surface area contributed by atoms with Crippen molar-refractivity contribution >= 4 is 66.7 Å². The molecule has 3 N–H and O–H groups in total. The van der Waals surface area contributed by atoms with Crippen LogP contribution in [0.4, 0.5) is 0 Å². The summed E-state index contributed by atoms with van der Waals surface area (Å²) in [7, 11) is 4.23. The SMILES string of the molecule is COc1c(O)c2c(=O)cc(OC)c3c4c(OC)cc(=O)c5c(O)c(CCCSCCOCCO)c6c(c(c1C(C(C)=O)C(C)=C6)c23)c54. The summed E-state index contributed by atoms with van der Waals surface area (Å²) in [5, 5.41) is 35.3. The first kappa shape index (κ1) is 32.6. The van der Waals surface area contributed by atoms with Gasteiger partial charge >= 0.3 is 0 Å². The first-order chi connectivity index (χ1) is 22.6. The van der Waals surface area contributed by atoms with Crippen molar-refractivity contribution in [2.75, 3.05) is 52.7 Å². The molecule has 1 aliphatic rings. The lowest BCUT2D eigenvalue weighted by atomic mass is 9.80. The molecule has 47 heavy (non-hydrogen) atoms. The molecule has 246 valence electrons. The summed E-state index contributed by atoms with van der Waals surface area (Å²) in [6, 6.07) is 2.59. The van der Waals surface area contributed by atoms with Crippen molar-refractivity contribution in [3.8, 4) is 28.7 Å². The zero-order valence-electron chi connectivity index (χ0n) is 26.9. The van der Waals surface area contributed by atoms with Crippen LogP contribution in [0.2, 0.25) is 0 Å². The zero-order chi connectivity index (χ0) is 33.7. The summed E-state index contributed by atoms with van der Waals surface area (Å²) in [6.07, 6.45) is 2.94. The number of fused-ring (bicyclic) bond motifs is 1. The van der Waals surface area contributed by atoms with Crippen LogP contribution in [0.1, 0.15) is 42.9 Å². The number of methoxy groups -OCH3 is 3. The third-order valence-electron chi connectivity index (χ3n) is 9.08. The number of carbonyl (C=O) groups excluding carboxylic acids is 1. The summed E-state index contributed by atoms with van der Waals surface area (Å²) < 4.78 is 22.6. The Bertz CT molecular complexity index is 2210. The normalized spacial score (nSPS) is 14.4. The Labute approximate surface area is 274 Å². The third kappa shape index (κ3) is 4.90. The molecule has 0 radical (unpaired) electrons. The van der Waals surface area contributed by atoms with Gasteiger partial charge in [-0.1, -0.05) is 11.6 Å². The van der Waals surface area contributed by atoms with Gasteiger partial charge in [-0.2, -0.15) is 11.8 Å². The van der Waals surface area contributed by atoms with Gasteiger partial charge in [-0.15, -0.1) is 0 Å². The molecule has 1 unspecified atom stereocenters. The number of aliphatic hydroxyl groups excluding tert-OH is 1. The number of benzene rings is 5. The van der Waals surface area contributed by atoms with Crippen molar-refractivity contribution in [2.45, 2.75) is 32.6 Å². The van der Waals surface area contributed by atoms with Gasteiger partial charge in [0.15, 0.2) is 22.4 Å². The number of carbonyl (C=O) groups is 1. The quantitative estimate of drug-likeness (QED) is 0.0880. The highest BCUT2D eigenvalue weighted by Crippen LogP contribution is 2.57. The van der Waals surface area contributed by atoms with Crippen molar-refractivity contribution in [1.82, 2.24) is 0 Å². The standard InChI is InChI=1S/C36H36O10S/c1-16-13-19-18(7-6-11-47-12-10-46-9-8-37)34(41)26-20(39)14-22(43-3)28-29-23(44-4)15-21(40)27-32(29)31(25(19)30(26)28)33(24(16)17(2)38)36(45-5)35(27)42/h13-15,24,37,41-42H,6-12H2,1-5H3. The maximum Gasteiger partial charge on any atom is 0.194 e. The lowest BCUT2D eigenvalue weighted by molar-refractivity contribution is -0.117. The molecule has 10 nitrogen and oxygen atoms in total. The van der Waals surface area contributed by atoms with E-state index in [9.17, 15) is 24.6 Å². The summed E-state index contributed by atoms with van der Waals surface area (Å²) in [6.45, 7) is 4.04. The predicted molar refractivity (Wildman–Crippen MR) is 185 cm³/mol. The lowest BCUT2D eigenvalue weighted by Crippen LogP contribution is -2.14. The van der Waals surface area contributed by atoms with Gasteiger partial charge in [-0.25, -0.2) is 0 Å². The number of ketones is 1. The van der Waals surface area contributed by atoms with Crippen LogP contribution in [0, 0.1) is 0 Å². The molecule has 0 fully saturated rings. The molecular formula is C36H36O10S. The van der Waals surface area contributed by atoms with E-state index in [4.69, 9.17) is 24.1 Å². The first-order valence-electron chi connectivity index (χ1n) is 15.3. The highest BCUT2D eigenvalue weighted by Gasteiger charge is 2.37. The van der Waals surface area contributed by atoms with Crippen LogP contribution in [0.15, 0.2) is 27.3 Å². The van der Waals surface area contributed by atoms with Gasteiger partial charge in [0.2, 0.25) is 0 Å². The topological polar surface area (TPSA) is 149 Å². The fourth-order valence-electron chi connectivity index (χ4n) is 7.33. The number of phenolic OH excluding ortho intramolecular Hbond substituents is 2. The maximum absolute atomic E-state index is 13.9. The van der Waals surface area contributed by atoms with Crippen molar-refractivity contribution < 1.29 is 39.1 Å². The van der Waals surface area contributed by atoms with Gasteiger partial charge in [0.25, 0.3) is 0 Å². The van der Waals surface area contributed by atoms with Crippen molar-refractivity contribution in [3.05, 3.63) is 54.8 Å². The Balaban J connectivity index is 1.81. The zero-order valence-corrected chi connectivity index (χ0v) is 27.7. The number of rotatable bonds is 13. The minimum Gasteiger partial charge on any atom is -0.507 e. The van der Waals surface area contributed by atoms with E-state index in [-0.39, 0.29) is 52.8 Å². The average molecular weight is 661 g/mol. The second kappa shape index (κ2) is 12.7. The van der Waals surface area contributed by atoms with E-state index in [2.05, 4.69) is 0 Å². The number of hydrogen-bond donors (Lipinski definition) is 3. The van der Waals surface area contributed by atoms with E-state index in [1.165, 1.54) is 40.4 Å². The highest BCUT2D eigenvalue weighted by molar-refractivity contribution is 7.99. The van der Waals surface area contributed by atoms with E-state index in [1.54, 1.807) is 11.8 Å². The van der Waals surface area contributed by atoms with E-state index in [0.717, 1.165) is 11.5 Å². The fraction of sp³-hybridized carbons (Fsp3) is 0.361. The molecule has 11 heteroatoms. The fourth-order valence-corrected chi connectivity index (χ4v) is 8.11. The van der Waals surface area contributed by atoms with E-state index in [0.29, 0.717) is 74.0 Å². The second-order valence-electron chi connectivity index (χ2n) is 11.7. The van der Waals surface area contributed by atoms with Gasteiger partial charge in [0.1, 0.15) is 23.0 Å². The molecule has 0 spiro atoms. The number of thioether (sulfide) groups is 1. The van der Waals surface area contributed by atoms with Crippen LogP contribution < -0.4 is 25.1 Å². The minimum atomic E-state index is -0.866. The Morgan fingerprint density at radius 1 is 0.809 bits per heavy atom. The number of hydrogen-bond acceptors (Lipinski definition) is 11. The molecule has 1 aliphatic carbocycles. The monoisotopic (exact) mass is 660 g/mol. The Hall–Kier alpha value is -4.32. The third-order valence-corrected chi connectivity index (χ3v) is 10.1. The molecule has 0 heterocycles. The Morgan fingerprint density at radius 3 is 2.00 bits per heavy atom. The van der Waals surface area contributed by atoms with Crippen molar-refractivity contribution in [2.24, 2.45) is 0 Å². The molecule has 6 rings (SSSR count). The van der Waals surface area contributed by atoms with E-state index < -0.39 is 22.5 Å². The van der Waals surface area contributed by atoms with E-state index in [1.807, 2.05) is 13.0 Å². The number of aromatic hydroxyl groups is 2. The lowest BCUT2D eigenvalue weighted by Gasteiger charge is -2.25. The summed E-state index contributed by atoms with van der Waals surface area (Å²) in [4.78, 5) is 41.1. The number of Topliss-reactive ketones (excluding diaryl/α,β-unsaturated/α-hetero) is 1. The van der Waals surface area contributed by atoms with Crippen LogP contribution in [0.25, 0.3) is 49.2 Å². The molecular weight excluding hydrogens is 624 g/mol. The van der Waals surface area contributed by atoms with Crippen LogP contribution >= 0.6 is 11.8 Å². The maximum atomic E-state index is 13.9. The minimum absolute atomic E-state index is 0.00204. The predicted octanol–water partition coefficient (Wildman–Crippen LogP) is 5.10. The molecule has 0 saturated heterocycles. The van der Waals surface area contributed by atoms with Crippen LogP contribution in [0.3, 0.4) is 0 Å². The first-order valence-corrected chi connectivity index (χ1v) is 16.5. The van der Waals surface area contributed by atoms with Gasteiger partial charge in [-0.3, -0.25) is 14.4 Å². The van der Waals surface area contributed by atoms with Gasteiger partial charge in [0, 0.05) is 50.6 Å². The summed E-state index contributed by atoms with van der Waals surface area (Å²) in [5.74, 6) is 0.258. The van der Waals surface area contributed by atoms with E-state index >= 15 is 0 Å². The summed E-state index contributed by atoms with van der Waals surface area (Å²) in [5.41, 5.74) is 1.23. The van der Waals surface area contributed by atoms with Gasteiger partial charge < -0.3 is 34.3 Å². The Morgan fingerprint density at radius 2 is 1.43 bits per heavy atom. The molecule has 0 aromatic heterocycles. The number of phenols is 2. The number of ether oxygens (including phenoxy) is 4. The number of aliphatic hydroxyl groups is 1. The molecule has 0 bridgehead atoms. The largest absolute Gasteiger partial charge is 0.507 e. The highest BCUT2D eigenvalue weighted by atomic mass is 32.2. The van der Waals surface area contributed by atoms with Crippen molar-refractivity contribution in [3.63, 3.8) is 0 Å². The van der Waals surface area contributed by atoms with Crippen LogP contribution in [-0.4, -0.2) is 73.8 Å². The molecule has 5 aromatic rings. The van der Waals surface area contributed by atoms with Crippen molar-refractivity contribution in [1.29, 1.82) is 0 Å². The molecule has 0 aliphatic heterocycles. The van der Waals surface area contributed by atoms with Crippen LogP contribution in [-0.2, 0) is 16.0 Å². The number of allylic oxidation sites excluding steroid dienone is 1. The van der Waals surface area contributed by atoms with Crippen LogP contribution in [0.5, 0.6) is 28.7 Å². The summed E-state index contributed by atoms with van der Waals surface area (Å²) >= 11 is 1.68. The molecule has 1 atom stereocenters. The second-order valence-corrected chi connectivity index (χ2v) is 12.9. The molecule has 5 aromatic carbocycles. The Kier molecular flexibility index (Phi) is 8.82. The molecule has 0 saturated carbocycles. The van der Waals surface area contributed by atoms with Gasteiger partial charge in [-0.05, 0) is 48.8 Å². The smallest absolute Gasteiger partial charge is 0.194 e.